The highest BCUT2D eigenvalue weighted by atomic mass is 32.2. The number of halogens is 2. The van der Waals surface area contributed by atoms with Gasteiger partial charge in [0.25, 0.3) is 10.0 Å². The number of aromatic nitrogens is 3. The standard InChI is InChI=1S/C31H34F2N6O4S3/c1-45(40,41)19-20-10-12-22(13-11-20)35-30-34-15-14-26(36-30)28-27(37-31(44-28)39-16-2-3-17-39)21-6-4-7-23(18-21)38-46(42,43)29-24(32)8-5-9-25(29)33/h4-9,14-15,18,20,22,38H,2-3,10-13,16-17,19H2,1H3,(H,34,35,36). The summed E-state index contributed by atoms with van der Waals surface area (Å²) in [6.07, 6.45) is 8.33. The van der Waals surface area contributed by atoms with Gasteiger partial charge in [-0.15, -0.1) is 0 Å². The second kappa shape index (κ2) is 13.2. The highest BCUT2D eigenvalue weighted by Gasteiger charge is 2.27. The fourth-order valence-corrected chi connectivity index (χ4v) is 9.52. The summed E-state index contributed by atoms with van der Waals surface area (Å²) in [4.78, 5) is 16.2. The summed E-state index contributed by atoms with van der Waals surface area (Å²) in [5, 5.41) is 4.24. The van der Waals surface area contributed by atoms with Crippen molar-refractivity contribution in [2.45, 2.75) is 49.5 Å². The second-order valence-electron chi connectivity index (χ2n) is 11.8. The molecule has 1 saturated heterocycles. The van der Waals surface area contributed by atoms with Crippen LogP contribution in [0.4, 0.5) is 25.5 Å². The molecule has 1 aliphatic heterocycles. The Kier molecular flexibility index (Phi) is 9.26. The van der Waals surface area contributed by atoms with Crippen LogP contribution in [0.3, 0.4) is 0 Å². The fraction of sp³-hybridized carbons (Fsp3) is 0.387. The van der Waals surface area contributed by atoms with Gasteiger partial charge in [-0.25, -0.2) is 40.6 Å². The van der Waals surface area contributed by atoms with Crippen molar-refractivity contribution in [2.24, 2.45) is 5.92 Å². The smallest absolute Gasteiger partial charge is 0.267 e. The zero-order valence-corrected chi connectivity index (χ0v) is 27.6. The van der Waals surface area contributed by atoms with Crippen molar-refractivity contribution in [1.29, 1.82) is 0 Å². The molecular formula is C31H34F2N6O4S3. The Balaban J connectivity index is 1.28. The number of rotatable bonds is 10. The normalized spacial score (nSPS) is 18.9. The van der Waals surface area contributed by atoms with E-state index in [1.54, 1.807) is 30.5 Å². The van der Waals surface area contributed by atoms with Gasteiger partial charge in [0.15, 0.2) is 10.0 Å². The van der Waals surface area contributed by atoms with E-state index in [2.05, 4.69) is 19.9 Å². The maximum atomic E-state index is 14.3. The van der Waals surface area contributed by atoms with Crippen molar-refractivity contribution in [3.05, 3.63) is 66.4 Å². The van der Waals surface area contributed by atoms with Crippen LogP contribution >= 0.6 is 11.3 Å². The third-order valence-electron chi connectivity index (χ3n) is 8.17. The monoisotopic (exact) mass is 688 g/mol. The van der Waals surface area contributed by atoms with E-state index in [4.69, 9.17) is 9.97 Å². The number of nitrogens with one attached hydrogen (secondary N) is 2. The average molecular weight is 689 g/mol. The van der Waals surface area contributed by atoms with Crippen LogP contribution < -0.4 is 14.9 Å². The summed E-state index contributed by atoms with van der Waals surface area (Å²) in [5.74, 6) is -1.54. The third kappa shape index (κ3) is 7.47. The van der Waals surface area contributed by atoms with Crippen molar-refractivity contribution in [1.82, 2.24) is 15.0 Å². The Bertz CT molecular complexity index is 1920. The van der Waals surface area contributed by atoms with Crippen LogP contribution in [-0.2, 0) is 19.9 Å². The topological polar surface area (TPSA) is 134 Å². The first-order valence-corrected chi connectivity index (χ1v) is 19.4. The third-order valence-corrected chi connectivity index (χ3v) is 11.8. The number of hydrogen-bond donors (Lipinski definition) is 2. The van der Waals surface area contributed by atoms with Crippen LogP contribution in [0.1, 0.15) is 38.5 Å². The zero-order valence-electron chi connectivity index (χ0n) is 25.1. The molecule has 0 spiro atoms. The van der Waals surface area contributed by atoms with Crippen LogP contribution in [-0.4, -0.2) is 62.9 Å². The molecule has 4 aromatic rings. The van der Waals surface area contributed by atoms with Crippen LogP contribution in [0, 0.1) is 17.6 Å². The van der Waals surface area contributed by atoms with Gasteiger partial charge in [-0.05, 0) is 74.8 Å². The number of nitrogens with zero attached hydrogens (tertiary/aromatic N) is 4. The lowest BCUT2D eigenvalue weighted by molar-refractivity contribution is 0.361. The van der Waals surface area contributed by atoms with Gasteiger partial charge >= 0.3 is 0 Å². The number of thiazole rings is 1. The van der Waals surface area contributed by atoms with Crippen molar-refractivity contribution in [3.8, 4) is 21.8 Å². The average Bonchev–Trinajstić information content (AvgIpc) is 3.68. The first kappa shape index (κ1) is 32.3. The number of hydrogen-bond acceptors (Lipinski definition) is 10. The molecule has 244 valence electrons. The molecule has 10 nitrogen and oxygen atoms in total. The van der Waals surface area contributed by atoms with Crippen molar-refractivity contribution < 1.29 is 25.6 Å². The molecule has 6 rings (SSSR count). The summed E-state index contributed by atoms with van der Waals surface area (Å²) >= 11 is 1.49. The SMILES string of the molecule is CS(=O)(=O)CC1CCC(Nc2nccc(-c3sc(N4CCCC4)nc3-c3cccc(NS(=O)(=O)c4c(F)cccc4F)c3)n2)CC1. The molecule has 1 saturated carbocycles. The van der Waals surface area contributed by atoms with E-state index in [0.29, 0.717) is 22.9 Å². The van der Waals surface area contributed by atoms with E-state index in [1.165, 1.54) is 23.7 Å². The molecule has 2 aromatic heterocycles. The molecular weight excluding hydrogens is 655 g/mol. The summed E-state index contributed by atoms with van der Waals surface area (Å²) < 4.78 is 80.4. The molecule has 2 aromatic carbocycles. The fourth-order valence-electron chi connectivity index (χ4n) is 6.04. The van der Waals surface area contributed by atoms with Gasteiger partial charge in [-0.2, -0.15) is 0 Å². The first-order chi connectivity index (χ1) is 21.9. The minimum absolute atomic E-state index is 0.121. The first-order valence-electron chi connectivity index (χ1n) is 15.1. The Morgan fingerprint density at radius 3 is 2.33 bits per heavy atom. The van der Waals surface area contributed by atoms with E-state index in [0.717, 1.165) is 79.8 Å². The Labute approximate surface area is 271 Å². The predicted octanol–water partition coefficient (Wildman–Crippen LogP) is 5.96. The summed E-state index contributed by atoms with van der Waals surface area (Å²) in [7, 11) is -7.57. The lowest BCUT2D eigenvalue weighted by Gasteiger charge is -2.28. The van der Waals surface area contributed by atoms with Gasteiger partial charge in [0.2, 0.25) is 5.95 Å². The lowest BCUT2D eigenvalue weighted by atomic mass is 9.87. The van der Waals surface area contributed by atoms with E-state index >= 15 is 0 Å². The molecule has 0 radical (unpaired) electrons. The Hall–Kier alpha value is -3.69. The molecule has 2 fully saturated rings. The van der Waals surface area contributed by atoms with Crippen molar-refractivity contribution in [3.63, 3.8) is 0 Å². The summed E-state index contributed by atoms with van der Waals surface area (Å²) in [5.41, 5.74) is 1.96. The molecule has 15 heteroatoms. The van der Waals surface area contributed by atoms with Crippen LogP contribution in [0.5, 0.6) is 0 Å². The zero-order chi connectivity index (χ0) is 32.5. The van der Waals surface area contributed by atoms with Gasteiger partial charge in [0.1, 0.15) is 21.5 Å². The van der Waals surface area contributed by atoms with Crippen LogP contribution in [0.2, 0.25) is 0 Å². The maximum Gasteiger partial charge on any atom is 0.267 e. The molecule has 0 unspecified atom stereocenters. The quantitative estimate of drug-likeness (QED) is 0.207. The predicted molar refractivity (Wildman–Crippen MR) is 176 cm³/mol. The molecule has 46 heavy (non-hydrogen) atoms. The molecule has 1 aliphatic carbocycles. The minimum Gasteiger partial charge on any atom is -0.351 e. The van der Waals surface area contributed by atoms with Gasteiger partial charge in [-0.1, -0.05) is 29.5 Å². The molecule has 2 aliphatic rings. The van der Waals surface area contributed by atoms with Crippen LogP contribution in [0.15, 0.2) is 59.6 Å². The van der Waals surface area contributed by atoms with E-state index in [9.17, 15) is 25.6 Å². The highest BCUT2D eigenvalue weighted by molar-refractivity contribution is 7.92. The second-order valence-corrected chi connectivity index (χ2v) is 16.6. The Morgan fingerprint density at radius 1 is 0.935 bits per heavy atom. The number of sulfonamides is 1. The van der Waals surface area contributed by atoms with E-state index in [1.807, 2.05) is 0 Å². The van der Waals surface area contributed by atoms with Gasteiger partial charge in [0.05, 0.1) is 22.0 Å². The number of benzene rings is 2. The summed E-state index contributed by atoms with van der Waals surface area (Å²) in [6.45, 7) is 1.75. The van der Waals surface area contributed by atoms with Gasteiger partial charge in [-0.3, -0.25) is 4.72 Å². The number of sulfone groups is 1. The summed E-state index contributed by atoms with van der Waals surface area (Å²) in [6, 6.07) is 11.3. The van der Waals surface area contributed by atoms with E-state index < -0.39 is 36.4 Å². The molecule has 0 amide bonds. The lowest BCUT2D eigenvalue weighted by Crippen LogP contribution is -2.29. The maximum absolute atomic E-state index is 14.3. The highest BCUT2D eigenvalue weighted by Crippen LogP contribution is 2.41. The Morgan fingerprint density at radius 2 is 1.63 bits per heavy atom. The largest absolute Gasteiger partial charge is 0.351 e. The van der Waals surface area contributed by atoms with Crippen LogP contribution in [0.25, 0.3) is 21.8 Å². The van der Waals surface area contributed by atoms with Gasteiger partial charge < -0.3 is 10.2 Å². The number of anilines is 3. The minimum atomic E-state index is -4.56. The molecule has 0 bridgehead atoms. The van der Waals surface area contributed by atoms with Crippen molar-refractivity contribution in [2.75, 3.05) is 40.0 Å². The van der Waals surface area contributed by atoms with Gasteiger partial charge in [0, 0.05) is 42.8 Å². The molecule has 3 heterocycles. The molecule has 0 atom stereocenters. The molecule has 2 N–H and O–H groups in total. The van der Waals surface area contributed by atoms with E-state index in [-0.39, 0.29) is 23.4 Å². The van der Waals surface area contributed by atoms with Crippen molar-refractivity contribution >= 4 is 48.0 Å².